The molecule has 0 spiro atoms. The molecule has 37 heavy (non-hydrogen) atoms. The average Bonchev–Trinajstić information content (AvgIpc) is 2.88. The summed E-state index contributed by atoms with van der Waals surface area (Å²) in [5.74, 6) is -1.15. The van der Waals surface area contributed by atoms with Gasteiger partial charge in [0.25, 0.3) is 0 Å². The number of ether oxygens (including phenoxy) is 4. The first kappa shape index (κ1) is 26.0. The van der Waals surface area contributed by atoms with Crippen LogP contribution in [0.5, 0.6) is 17.2 Å². The molecule has 4 rings (SSSR count). The molecule has 194 valence electrons. The van der Waals surface area contributed by atoms with Crippen molar-refractivity contribution in [1.82, 2.24) is 5.32 Å². The summed E-state index contributed by atoms with van der Waals surface area (Å²) in [6.45, 7) is 7.59. The topological polar surface area (TPSA) is 100 Å². The van der Waals surface area contributed by atoms with Crippen LogP contribution >= 0.6 is 0 Å². The summed E-state index contributed by atoms with van der Waals surface area (Å²) in [6.07, 6.45) is 0.883. The fourth-order valence-electron chi connectivity index (χ4n) is 5.15. The summed E-state index contributed by atoms with van der Waals surface area (Å²) in [6, 6.07) is 12.8. The highest BCUT2D eigenvalue weighted by Gasteiger charge is 2.45. The van der Waals surface area contributed by atoms with Gasteiger partial charge in [0.2, 0.25) is 0 Å². The minimum atomic E-state index is -0.820. The lowest BCUT2D eigenvalue weighted by Crippen LogP contribution is -2.42. The van der Waals surface area contributed by atoms with E-state index in [1.54, 1.807) is 25.3 Å². The van der Waals surface area contributed by atoms with Crippen molar-refractivity contribution in [3.8, 4) is 17.2 Å². The van der Waals surface area contributed by atoms with E-state index < -0.39 is 23.8 Å². The lowest BCUT2D eigenvalue weighted by molar-refractivity contribution is -0.144. The number of Topliss-reactive ketones (excluding diaryl/α,β-unsaturated/α-hetero) is 1. The van der Waals surface area contributed by atoms with Gasteiger partial charge < -0.3 is 24.3 Å². The second-order valence-electron chi connectivity index (χ2n) is 9.06. The first-order valence-electron chi connectivity index (χ1n) is 12.2. The van der Waals surface area contributed by atoms with Crippen LogP contribution < -0.4 is 19.5 Å². The van der Waals surface area contributed by atoms with Crippen molar-refractivity contribution in [3.05, 3.63) is 77.1 Å². The molecule has 0 fully saturated rings. The highest BCUT2D eigenvalue weighted by molar-refractivity contribution is 6.01. The Balaban J connectivity index is 1.79. The SMILES string of the molecule is C=C1NC2=C(C(=O)CC(c3ccc(OC)cc3)C2)C(c2ccc(OC(C)=O)c(OCC)c2)C1C(=O)OC. The van der Waals surface area contributed by atoms with Gasteiger partial charge in [-0.25, -0.2) is 0 Å². The van der Waals surface area contributed by atoms with E-state index >= 15 is 0 Å². The molecule has 1 aliphatic heterocycles. The first-order chi connectivity index (χ1) is 17.8. The van der Waals surface area contributed by atoms with Crippen molar-refractivity contribution < 1.29 is 33.3 Å². The molecule has 0 saturated heterocycles. The Morgan fingerprint density at radius 2 is 1.73 bits per heavy atom. The van der Waals surface area contributed by atoms with Gasteiger partial charge in [-0.15, -0.1) is 0 Å². The number of methoxy groups -OCH3 is 2. The Morgan fingerprint density at radius 1 is 1.03 bits per heavy atom. The number of carbonyl (C=O) groups excluding carboxylic acids is 3. The number of ketones is 1. The molecule has 0 amide bonds. The summed E-state index contributed by atoms with van der Waals surface area (Å²) in [4.78, 5) is 38.2. The van der Waals surface area contributed by atoms with E-state index in [2.05, 4.69) is 11.9 Å². The molecular weight excluding hydrogens is 474 g/mol. The second-order valence-corrected chi connectivity index (χ2v) is 9.06. The molecule has 0 radical (unpaired) electrons. The van der Waals surface area contributed by atoms with Crippen molar-refractivity contribution in [2.75, 3.05) is 20.8 Å². The highest BCUT2D eigenvalue weighted by Crippen LogP contribution is 2.48. The fourth-order valence-corrected chi connectivity index (χ4v) is 5.15. The zero-order valence-corrected chi connectivity index (χ0v) is 21.5. The molecule has 0 aromatic heterocycles. The Kier molecular flexibility index (Phi) is 7.66. The van der Waals surface area contributed by atoms with Gasteiger partial charge in [0.1, 0.15) is 11.7 Å². The standard InChI is InChI=1S/C29H31NO7/c1-6-36-25-15-19(9-12-24(25)37-17(3)31)27-26(29(33)35-5)16(2)30-22-13-20(14-23(32)28(22)27)18-7-10-21(34-4)11-8-18/h7-12,15,20,26-27,30H,2,6,13-14H2,1,3-5H3. The monoisotopic (exact) mass is 505 g/mol. The number of allylic oxidation sites excluding steroid dienone is 2. The van der Waals surface area contributed by atoms with E-state index in [0.29, 0.717) is 42.0 Å². The predicted octanol–water partition coefficient (Wildman–Crippen LogP) is 4.41. The van der Waals surface area contributed by atoms with Crippen LogP contribution in [0, 0.1) is 5.92 Å². The third-order valence-electron chi connectivity index (χ3n) is 6.76. The molecule has 2 aromatic carbocycles. The van der Waals surface area contributed by atoms with Crippen LogP contribution in [0.1, 0.15) is 49.7 Å². The van der Waals surface area contributed by atoms with Gasteiger partial charge in [-0.05, 0) is 54.7 Å². The summed E-state index contributed by atoms with van der Waals surface area (Å²) in [7, 11) is 2.93. The van der Waals surface area contributed by atoms with Crippen molar-refractivity contribution >= 4 is 17.7 Å². The third kappa shape index (κ3) is 5.23. The van der Waals surface area contributed by atoms with Gasteiger partial charge in [-0.2, -0.15) is 0 Å². The van der Waals surface area contributed by atoms with Crippen molar-refractivity contribution in [3.63, 3.8) is 0 Å². The molecule has 3 unspecified atom stereocenters. The number of benzene rings is 2. The number of hydrogen-bond donors (Lipinski definition) is 1. The second kappa shape index (κ2) is 10.9. The molecule has 0 saturated carbocycles. The van der Waals surface area contributed by atoms with Crippen LogP contribution in [0.3, 0.4) is 0 Å². The Hall–Kier alpha value is -4.07. The normalized spacial score (nSPS) is 21.0. The minimum absolute atomic E-state index is 0.0295. The van der Waals surface area contributed by atoms with Crippen molar-refractivity contribution in [2.45, 2.75) is 38.5 Å². The number of carbonyl (C=O) groups is 3. The molecule has 1 N–H and O–H groups in total. The third-order valence-corrected chi connectivity index (χ3v) is 6.76. The lowest BCUT2D eigenvalue weighted by atomic mass is 9.69. The minimum Gasteiger partial charge on any atom is -0.497 e. The zero-order chi connectivity index (χ0) is 26.7. The largest absolute Gasteiger partial charge is 0.497 e. The molecule has 2 aromatic rings. The van der Waals surface area contributed by atoms with E-state index in [-0.39, 0.29) is 17.5 Å². The van der Waals surface area contributed by atoms with Gasteiger partial charge in [0.05, 0.1) is 20.8 Å². The van der Waals surface area contributed by atoms with Crippen molar-refractivity contribution in [2.24, 2.45) is 5.92 Å². The number of hydrogen-bond acceptors (Lipinski definition) is 8. The van der Waals surface area contributed by atoms with E-state index in [1.807, 2.05) is 31.2 Å². The molecule has 8 nitrogen and oxygen atoms in total. The van der Waals surface area contributed by atoms with E-state index in [4.69, 9.17) is 18.9 Å². The van der Waals surface area contributed by atoms with E-state index in [1.165, 1.54) is 14.0 Å². The number of esters is 2. The van der Waals surface area contributed by atoms with Gasteiger partial charge in [0, 0.05) is 36.2 Å². The van der Waals surface area contributed by atoms with Crippen LogP contribution in [0.2, 0.25) is 0 Å². The van der Waals surface area contributed by atoms with Crippen LogP contribution in [0.4, 0.5) is 0 Å². The van der Waals surface area contributed by atoms with Gasteiger partial charge in [-0.1, -0.05) is 24.8 Å². The molecule has 0 bridgehead atoms. The molecule has 3 atom stereocenters. The highest BCUT2D eigenvalue weighted by atomic mass is 16.6. The van der Waals surface area contributed by atoms with E-state index in [0.717, 1.165) is 17.0 Å². The summed E-state index contributed by atoms with van der Waals surface area (Å²) in [5, 5.41) is 3.25. The maximum atomic E-state index is 13.7. The van der Waals surface area contributed by atoms with Crippen LogP contribution in [0.25, 0.3) is 0 Å². The first-order valence-corrected chi connectivity index (χ1v) is 12.2. The van der Waals surface area contributed by atoms with Crippen LogP contribution in [-0.4, -0.2) is 38.5 Å². The Bertz CT molecular complexity index is 1260. The smallest absolute Gasteiger partial charge is 0.315 e. The Morgan fingerprint density at radius 3 is 2.35 bits per heavy atom. The molecular formula is C29H31NO7. The summed E-state index contributed by atoms with van der Waals surface area (Å²) in [5.41, 5.74) is 3.44. The van der Waals surface area contributed by atoms with Gasteiger partial charge in [0.15, 0.2) is 17.3 Å². The summed E-state index contributed by atoms with van der Waals surface area (Å²) >= 11 is 0. The Labute approximate surface area is 216 Å². The summed E-state index contributed by atoms with van der Waals surface area (Å²) < 4.78 is 21.4. The fraction of sp³-hybridized carbons (Fsp3) is 0.345. The van der Waals surface area contributed by atoms with Crippen molar-refractivity contribution in [1.29, 1.82) is 0 Å². The zero-order valence-electron chi connectivity index (χ0n) is 21.5. The molecule has 1 aliphatic carbocycles. The van der Waals surface area contributed by atoms with Crippen LogP contribution in [-0.2, 0) is 19.1 Å². The predicted molar refractivity (Wildman–Crippen MR) is 136 cm³/mol. The molecule has 8 heteroatoms. The van der Waals surface area contributed by atoms with Crippen LogP contribution in [0.15, 0.2) is 66.0 Å². The average molecular weight is 506 g/mol. The number of rotatable bonds is 7. The van der Waals surface area contributed by atoms with E-state index in [9.17, 15) is 14.4 Å². The van der Waals surface area contributed by atoms with Gasteiger partial charge >= 0.3 is 11.9 Å². The number of nitrogens with one attached hydrogen (secondary N) is 1. The maximum absolute atomic E-state index is 13.7. The maximum Gasteiger partial charge on any atom is 0.315 e. The molecule has 2 aliphatic rings. The lowest BCUT2D eigenvalue weighted by Gasteiger charge is -2.40. The quantitative estimate of drug-likeness (QED) is 0.436. The van der Waals surface area contributed by atoms with Gasteiger partial charge in [-0.3, -0.25) is 14.4 Å². The molecule has 1 heterocycles.